The fraction of sp³-hybridized carbons (Fsp3) is 0.235. The lowest BCUT2D eigenvalue weighted by Gasteiger charge is -2.17. The lowest BCUT2D eigenvalue weighted by atomic mass is 10.1. The Morgan fingerprint density at radius 2 is 1.83 bits per heavy atom. The van der Waals surface area contributed by atoms with E-state index in [4.69, 9.17) is 11.6 Å². The summed E-state index contributed by atoms with van der Waals surface area (Å²) in [5.41, 5.74) is 0.538. The first kappa shape index (κ1) is 18.3. The van der Waals surface area contributed by atoms with Gasteiger partial charge in [0.15, 0.2) is 23.5 Å². The summed E-state index contributed by atoms with van der Waals surface area (Å²) in [5, 5.41) is 4.62. The average Bonchev–Trinajstić information content (AvgIpc) is 2.55. The third kappa shape index (κ3) is 4.27. The number of hydrogen-bond donors (Lipinski definition) is 2. The average molecular weight is 358 g/mol. The van der Waals surface area contributed by atoms with Gasteiger partial charge in [0.2, 0.25) is 0 Å². The molecule has 0 aliphatic heterocycles. The summed E-state index contributed by atoms with van der Waals surface area (Å²) in [7, 11) is 0. The molecule has 3 N–H and O–H groups in total. The Kier molecular flexibility index (Phi) is 5.85. The minimum absolute atomic E-state index is 0.0701. The monoisotopic (exact) mass is 357 g/mol. The largest absolute Gasteiger partial charge is 0.330 e. The van der Waals surface area contributed by atoms with Crippen molar-refractivity contribution in [2.45, 2.75) is 25.9 Å². The van der Waals surface area contributed by atoms with Crippen LogP contribution in [-0.2, 0) is 4.79 Å². The second-order valence-corrected chi connectivity index (χ2v) is 5.97. The summed E-state index contributed by atoms with van der Waals surface area (Å²) in [6.45, 7) is 3.53. The lowest BCUT2D eigenvalue weighted by molar-refractivity contribution is -0.709. The zero-order valence-electron chi connectivity index (χ0n) is 13.1. The van der Waals surface area contributed by atoms with Gasteiger partial charge in [-0.25, -0.2) is 13.2 Å². The maximum atomic E-state index is 13.6. The summed E-state index contributed by atoms with van der Waals surface area (Å²) in [5.74, 6) is -4.86. The van der Waals surface area contributed by atoms with E-state index in [9.17, 15) is 18.0 Å². The van der Waals surface area contributed by atoms with Gasteiger partial charge in [-0.05, 0) is 38.1 Å². The molecule has 0 spiro atoms. The summed E-state index contributed by atoms with van der Waals surface area (Å²) >= 11 is 5.94. The molecule has 0 saturated carbocycles. The van der Waals surface area contributed by atoms with Gasteiger partial charge in [0.1, 0.15) is 6.04 Å². The van der Waals surface area contributed by atoms with Crippen LogP contribution in [-0.4, -0.2) is 11.9 Å². The molecule has 2 aromatic carbocycles. The number of anilines is 1. The van der Waals surface area contributed by atoms with Gasteiger partial charge in [-0.3, -0.25) is 4.79 Å². The van der Waals surface area contributed by atoms with E-state index in [1.807, 2.05) is 19.1 Å². The normalized spacial score (nSPS) is 13.4. The highest BCUT2D eigenvalue weighted by Crippen LogP contribution is 2.19. The van der Waals surface area contributed by atoms with Crippen LogP contribution in [0.2, 0.25) is 5.02 Å². The molecular formula is C17H17ClF3N2O+. The number of quaternary nitrogens is 1. The molecule has 0 saturated heterocycles. The molecule has 0 fully saturated rings. The molecule has 1 amide bonds. The van der Waals surface area contributed by atoms with Crippen LogP contribution in [0.4, 0.5) is 18.9 Å². The summed E-state index contributed by atoms with van der Waals surface area (Å²) < 4.78 is 39.7. The quantitative estimate of drug-likeness (QED) is 0.791. The number of halogens is 4. The Labute approximate surface area is 142 Å². The number of nitrogens with one attached hydrogen (secondary N) is 1. The molecule has 0 bridgehead atoms. The molecule has 0 aliphatic carbocycles. The van der Waals surface area contributed by atoms with Gasteiger partial charge < -0.3 is 10.6 Å². The van der Waals surface area contributed by atoms with Crippen molar-refractivity contribution in [3.8, 4) is 0 Å². The number of carbonyl (C=O) groups excluding carboxylic acids is 1. The van der Waals surface area contributed by atoms with Crippen LogP contribution in [0, 0.1) is 17.5 Å². The van der Waals surface area contributed by atoms with Crippen LogP contribution < -0.4 is 10.6 Å². The van der Waals surface area contributed by atoms with Crippen molar-refractivity contribution in [3.63, 3.8) is 0 Å². The number of hydrogen-bond acceptors (Lipinski definition) is 1. The van der Waals surface area contributed by atoms with Gasteiger partial charge in [0.25, 0.3) is 5.91 Å². The van der Waals surface area contributed by atoms with E-state index in [-0.39, 0.29) is 6.04 Å². The Hall–Kier alpha value is -2.05. The van der Waals surface area contributed by atoms with Crippen molar-refractivity contribution < 1.29 is 23.3 Å². The first-order valence-electron chi connectivity index (χ1n) is 7.34. The summed E-state index contributed by atoms with van der Waals surface area (Å²) in [6, 6.07) is 8.33. The van der Waals surface area contributed by atoms with Crippen molar-refractivity contribution in [3.05, 3.63) is 64.4 Å². The number of rotatable bonds is 5. The van der Waals surface area contributed by atoms with E-state index >= 15 is 0 Å². The van der Waals surface area contributed by atoms with E-state index in [1.54, 1.807) is 24.4 Å². The van der Waals surface area contributed by atoms with Crippen molar-refractivity contribution in [2.75, 3.05) is 5.32 Å². The molecule has 128 valence electrons. The van der Waals surface area contributed by atoms with Crippen molar-refractivity contribution in [1.29, 1.82) is 0 Å². The number of benzene rings is 2. The second-order valence-electron chi connectivity index (χ2n) is 5.54. The van der Waals surface area contributed by atoms with Gasteiger partial charge in [-0.1, -0.05) is 23.7 Å². The highest BCUT2D eigenvalue weighted by atomic mass is 35.5. The van der Waals surface area contributed by atoms with Gasteiger partial charge in [0.05, 0.1) is 5.69 Å². The Balaban J connectivity index is 2.03. The van der Waals surface area contributed by atoms with Gasteiger partial charge in [-0.15, -0.1) is 0 Å². The molecule has 2 aromatic rings. The first-order chi connectivity index (χ1) is 11.3. The highest BCUT2D eigenvalue weighted by molar-refractivity contribution is 6.30. The maximum Gasteiger partial charge on any atom is 0.282 e. The zero-order valence-corrected chi connectivity index (χ0v) is 13.9. The molecule has 2 rings (SSSR count). The van der Waals surface area contributed by atoms with Crippen molar-refractivity contribution in [1.82, 2.24) is 0 Å². The second kappa shape index (κ2) is 7.68. The fourth-order valence-corrected chi connectivity index (χ4v) is 2.49. The van der Waals surface area contributed by atoms with Gasteiger partial charge in [0, 0.05) is 10.6 Å². The predicted octanol–water partition coefficient (Wildman–Crippen LogP) is 3.41. The summed E-state index contributed by atoms with van der Waals surface area (Å²) in [6.07, 6.45) is 0. The fourth-order valence-electron chi connectivity index (χ4n) is 2.29. The number of nitrogens with two attached hydrogens (primary N) is 1. The van der Waals surface area contributed by atoms with E-state index in [2.05, 4.69) is 5.32 Å². The molecule has 7 heteroatoms. The van der Waals surface area contributed by atoms with Crippen molar-refractivity contribution in [2.24, 2.45) is 0 Å². The molecule has 24 heavy (non-hydrogen) atoms. The van der Waals surface area contributed by atoms with E-state index in [1.165, 1.54) is 0 Å². The molecule has 0 heterocycles. The third-order valence-corrected chi connectivity index (χ3v) is 3.89. The molecule has 0 unspecified atom stereocenters. The van der Waals surface area contributed by atoms with Crippen molar-refractivity contribution >= 4 is 23.2 Å². The smallest absolute Gasteiger partial charge is 0.282 e. The summed E-state index contributed by atoms with van der Waals surface area (Å²) in [4.78, 5) is 12.1. The Morgan fingerprint density at radius 3 is 2.50 bits per heavy atom. The third-order valence-electron chi connectivity index (χ3n) is 3.66. The van der Waals surface area contributed by atoms with Crippen LogP contribution in [0.5, 0.6) is 0 Å². The van der Waals surface area contributed by atoms with E-state index in [0.717, 1.165) is 17.7 Å². The number of carbonyl (C=O) groups is 1. The minimum atomic E-state index is -1.61. The van der Waals surface area contributed by atoms with E-state index < -0.39 is 35.1 Å². The molecule has 3 nitrogen and oxygen atoms in total. The van der Waals surface area contributed by atoms with Crippen LogP contribution in [0.1, 0.15) is 25.5 Å². The minimum Gasteiger partial charge on any atom is -0.330 e. The number of amides is 1. The Morgan fingerprint density at radius 1 is 1.12 bits per heavy atom. The van der Waals surface area contributed by atoms with E-state index in [0.29, 0.717) is 5.02 Å². The molecular weight excluding hydrogens is 341 g/mol. The van der Waals surface area contributed by atoms with Gasteiger partial charge in [-0.2, -0.15) is 0 Å². The molecule has 0 aromatic heterocycles. The lowest BCUT2D eigenvalue weighted by Crippen LogP contribution is -2.91. The van der Waals surface area contributed by atoms with Crippen LogP contribution in [0.15, 0.2) is 36.4 Å². The van der Waals surface area contributed by atoms with Crippen LogP contribution >= 0.6 is 11.6 Å². The first-order valence-corrected chi connectivity index (χ1v) is 7.72. The Bertz CT molecular complexity index is 755. The van der Waals surface area contributed by atoms with Gasteiger partial charge >= 0.3 is 0 Å². The van der Waals surface area contributed by atoms with Crippen LogP contribution in [0.3, 0.4) is 0 Å². The topological polar surface area (TPSA) is 45.7 Å². The predicted molar refractivity (Wildman–Crippen MR) is 86.2 cm³/mol. The standard InChI is InChI=1S/C17H16ClF3N2O/c1-9(11-4-3-5-12(18)8-11)22-10(2)17(24)23-14-7-6-13(19)15(20)16(14)21/h3-10,22H,1-2H3,(H,23,24)/p+1/t9-,10-/m0/s1. The molecule has 2 atom stereocenters. The molecule has 0 aliphatic rings. The zero-order chi connectivity index (χ0) is 17.9. The SMILES string of the molecule is C[C@H]([NH2+][C@@H](C)c1cccc(Cl)c1)C(=O)Nc1ccc(F)c(F)c1F. The molecule has 0 radical (unpaired) electrons. The maximum absolute atomic E-state index is 13.6. The van der Waals surface area contributed by atoms with Crippen LogP contribution in [0.25, 0.3) is 0 Å². The highest BCUT2D eigenvalue weighted by Gasteiger charge is 2.23.